The van der Waals surface area contributed by atoms with Crippen LogP contribution in [0.5, 0.6) is 5.75 Å². The van der Waals surface area contributed by atoms with E-state index >= 15 is 0 Å². The van der Waals surface area contributed by atoms with Crippen LogP contribution in [-0.4, -0.2) is 5.78 Å². The first-order chi connectivity index (χ1) is 15.6. The van der Waals surface area contributed by atoms with Gasteiger partial charge >= 0.3 is 0 Å². The van der Waals surface area contributed by atoms with Gasteiger partial charge in [0.2, 0.25) is 0 Å². The van der Waals surface area contributed by atoms with Crippen LogP contribution < -0.4 is 10.1 Å². The Bertz CT molecular complexity index is 1310. The van der Waals surface area contributed by atoms with Crippen LogP contribution in [0, 0.1) is 5.82 Å². The molecule has 0 amide bonds. The molecule has 4 aromatic rings. The van der Waals surface area contributed by atoms with Gasteiger partial charge in [-0.1, -0.05) is 23.9 Å². The second-order valence-corrected chi connectivity index (χ2v) is 8.26. The molecule has 1 N–H and O–H groups in total. The van der Waals surface area contributed by atoms with Crippen molar-refractivity contribution in [2.24, 2.45) is 0 Å². The third-order valence-electron chi connectivity index (χ3n) is 4.92. The summed E-state index contributed by atoms with van der Waals surface area (Å²) in [7, 11) is 0. The average molecular weight is 443 g/mol. The Kier molecular flexibility index (Phi) is 5.52. The van der Waals surface area contributed by atoms with E-state index in [1.807, 2.05) is 36.4 Å². The summed E-state index contributed by atoms with van der Waals surface area (Å²) in [4.78, 5) is 14.9. The summed E-state index contributed by atoms with van der Waals surface area (Å²) in [6.45, 7) is 0.211. The number of carbonyl (C=O) groups is 1. The second kappa shape index (κ2) is 8.77. The van der Waals surface area contributed by atoms with Crippen LogP contribution in [0.25, 0.3) is 6.08 Å². The number of ether oxygens (including phenoxy) is 1. The molecule has 1 aliphatic heterocycles. The molecular formula is C26H18FNO3S. The highest BCUT2D eigenvalue weighted by Gasteiger charge is 2.16. The van der Waals surface area contributed by atoms with Gasteiger partial charge in [-0.25, -0.2) is 4.39 Å². The standard InChI is InChI=1S/C26H18FNO3S/c27-18-6-8-19(9-7-18)30-16-21-11-10-20(31-21)12-13-24(29)17-5-14-26-23(15-17)28-22-3-1-2-4-25(22)32-26/h1-15,28H,16H2/b13-12+. The molecule has 2 heterocycles. The zero-order valence-corrected chi connectivity index (χ0v) is 17.7. The van der Waals surface area contributed by atoms with E-state index in [0.29, 0.717) is 22.8 Å². The van der Waals surface area contributed by atoms with Crippen molar-refractivity contribution in [3.05, 3.63) is 108 Å². The van der Waals surface area contributed by atoms with E-state index in [2.05, 4.69) is 11.4 Å². The molecule has 3 aromatic carbocycles. The lowest BCUT2D eigenvalue weighted by molar-refractivity contribution is 0.104. The molecule has 0 radical (unpaired) electrons. The summed E-state index contributed by atoms with van der Waals surface area (Å²) in [5, 5.41) is 3.39. The fraction of sp³-hybridized carbons (Fsp3) is 0.0385. The minimum Gasteiger partial charge on any atom is -0.486 e. The molecule has 0 bridgehead atoms. The van der Waals surface area contributed by atoms with Gasteiger partial charge in [0.15, 0.2) is 5.78 Å². The Morgan fingerprint density at radius 2 is 1.78 bits per heavy atom. The first-order valence-corrected chi connectivity index (χ1v) is 10.8. The highest BCUT2D eigenvalue weighted by Crippen LogP contribution is 2.44. The number of nitrogens with one attached hydrogen (secondary N) is 1. The van der Waals surface area contributed by atoms with E-state index in [1.165, 1.54) is 18.2 Å². The Hall–Kier alpha value is -3.77. The van der Waals surface area contributed by atoms with Gasteiger partial charge in [-0.05, 0) is 78.9 Å². The average Bonchev–Trinajstić information content (AvgIpc) is 3.28. The molecule has 1 aliphatic rings. The van der Waals surface area contributed by atoms with Crippen LogP contribution in [0.15, 0.2) is 99.1 Å². The number of hydrogen-bond donors (Lipinski definition) is 1. The van der Waals surface area contributed by atoms with Gasteiger partial charge in [0.1, 0.15) is 29.7 Å². The van der Waals surface area contributed by atoms with Gasteiger partial charge in [-0.3, -0.25) is 4.79 Å². The predicted molar refractivity (Wildman–Crippen MR) is 123 cm³/mol. The summed E-state index contributed by atoms with van der Waals surface area (Å²) in [6.07, 6.45) is 3.13. The van der Waals surface area contributed by atoms with E-state index in [-0.39, 0.29) is 18.2 Å². The molecule has 158 valence electrons. The number of ketones is 1. The van der Waals surface area contributed by atoms with Crippen LogP contribution in [0.3, 0.4) is 0 Å². The first kappa shape index (κ1) is 20.2. The van der Waals surface area contributed by atoms with Gasteiger partial charge in [0.25, 0.3) is 0 Å². The Morgan fingerprint density at radius 3 is 2.66 bits per heavy atom. The van der Waals surface area contributed by atoms with Gasteiger partial charge in [-0.2, -0.15) is 0 Å². The maximum Gasteiger partial charge on any atom is 0.186 e. The molecule has 1 aromatic heterocycles. The number of hydrogen-bond acceptors (Lipinski definition) is 5. The van der Waals surface area contributed by atoms with Crippen LogP contribution in [0.1, 0.15) is 21.9 Å². The molecule has 0 saturated carbocycles. The van der Waals surface area contributed by atoms with Crippen molar-refractivity contribution < 1.29 is 18.3 Å². The summed E-state index contributed by atoms with van der Waals surface area (Å²) < 4.78 is 24.2. The van der Waals surface area contributed by atoms with Crippen LogP contribution in [0.2, 0.25) is 0 Å². The van der Waals surface area contributed by atoms with Gasteiger partial charge in [0, 0.05) is 15.4 Å². The first-order valence-electron chi connectivity index (χ1n) is 10.0. The van der Waals surface area contributed by atoms with E-state index in [0.717, 1.165) is 21.2 Å². The zero-order valence-electron chi connectivity index (χ0n) is 16.9. The van der Waals surface area contributed by atoms with Gasteiger partial charge < -0.3 is 14.5 Å². The normalized spacial score (nSPS) is 12.2. The molecule has 4 nitrogen and oxygen atoms in total. The van der Waals surface area contributed by atoms with E-state index in [1.54, 1.807) is 42.1 Å². The highest BCUT2D eigenvalue weighted by atomic mass is 32.2. The summed E-state index contributed by atoms with van der Waals surface area (Å²) in [5.74, 6) is 1.29. The maximum atomic E-state index is 13.0. The molecule has 0 fully saturated rings. The predicted octanol–water partition coefficient (Wildman–Crippen LogP) is 7.10. The number of rotatable bonds is 6. The molecule has 0 spiro atoms. The van der Waals surface area contributed by atoms with Gasteiger partial charge in [0.05, 0.1) is 11.4 Å². The maximum absolute atomic E-state index is 13.0. The molecule has 32 heavy (non-hydrogen) atoms. The molecular weight excluding hydrogens is 425 g/mol. The highest BCUT2D eigenvalue weighted by molar-refractivity contribution is 7.99. The number of anilines is 2. The number of halogens is 1. The summed E-state index contributed by atoms with van der Waals surface area (Å²) in [6, 6.07) is 23.1. The molecule has 5 rings (SSSR count). The van der Waals surface area contributed by atoms with Crippen LogP contribution in [-0.2, 0) is 6.61 Å². The van der Waals surface area contributed by atoms with Crippen molar-refractivity contribution in [2.45, 2.75) is 16.4 Å². The lowest BCUT2D eigenvalue weighted by Gasteiger charge is -2.20. The largest absolute Gasteiger partial charge is 0.486 e. The van der Waals surface area contributed by atoms with Crippen molar-refractivity contribution in [3.8, 4) is 5.75 Å². The molecule has 0 aliphatic carbocycles. The third-order valence-corrected chi connectivity index (χ3v) is 6.07. The number of carbonyl (C=O) groups excluding carboxylic acids is 1. The van der Waals surface area contributed by atoms with E-state index < -0.39 is 0 Å². The lowest BCUT2D eigenvalue weighted by Crippen LogP contribution is -2.02. The fourth-order valence-corrected chi connectivity index (χ4v) is 4.26. The van der Waals surface area contributed by atoms with Crippen LogP contribution in [0.4, 0.5) is 15.8 Å². The summed E-state index contributed by atoms with van der Waals surface area (Å²) in [5.41, 5.74) is 2.56. The lowest BCUT2D eigenvalue weighted by atomic mass is 10.1. The fourth-order valence-electron chi connectivity index (χ4n) is 3.29. The third kappa shape index (κ3) is 4.45. The van der Waals surface area contributed by atoms with Crippen molar-refractivity contribution >= 4 is 35.0 Å². The summed E-state index contributed by atoms with van der Waals surface area (Å²) >= 11 is 1.68. The number of benzene rings is 3. The molecule has 0 unspecified atom stereocenters. The number of allylic oxidation sites excluding steroid dienone is 1. The Labute approximate surface area is 188 Å². The van der Waals surface area contributed by atoms with Crippen LogP contribution >= 0.6 is 11.8 Å². The van der Waals surface area contributed by atoms with Crippen molar-refractivity contribution in [1.82, 2.24) is 0 Å². The minimum atomic E-state index is -0.314. The zero-order chi connectivity index (χ0) is 21.9. The van der Waals surface area contributed by atoms with Crippen molar-refractivity contribution in [1.29, 1.82) is 0 Å². The second-order valence-electron chi connectivity index (χ2n) is 7.18. The molecule has 6 heteroatoms. The minimum absolute atomic E-state index is 0.112. The quantitative estimate of drug-likeness (QED) is 0.224. The van der Waals surface area contributed by atoms with Crippen molar-refractivity contribution in [2.75, 3.05) is 5.32 Å². The molecule has 0 atom stereocenters. The molecule has 0 saturated heterocycles. The van der Waals surface area contributed by atoms with Crippen molar-refractivity contribution in [3.63, 3.8) is 0 Å². The topological polar surface area (TPSA) is 51.5 Å². The van der Waals surface area contributed by atoms with E-state index in [9.17, 15) is 9.18 Å². The van der Waals surface area contributed by atoms with E-state index in [4.69, 9.17) is 9.15 Å². The van der Waals surface area contributed by atoms with Gasteiger partial charge in [-0.15, -0.1) is 0 Å². The Balaban J connectivity index is 1.23. The number of para-hydroxylation sites is 1. The number of fused-ring (bicyclic) bond motifs is 2. The SMILES string of the molecule is O=C(/C=C/c1ccc(COc2ccc(F)cc2)o1)c1ccc2c(c1)Nc1ccccc1S2. The number of furan rings is 1. The Morgan fingerprint density at radius 1 is 0.969 bits per heavy atom. The smallest absolute Gasteiger partial charge is 0.186 e. The monoisotopic (exact) mass is 443 g/mol.